The molecule has 0 saturated carbocycles. The number of amides is 2. The van der Waals surface area contributed by atoms with Crippen LogP contribution in [-0.2, 0) is 22.4 Å². The molecule has 0 bridgehead atoms. The summed E-state index contributed by atoms with van der Waals surface area (Å²) in [6.45, 7) is 4.10. The van der Waals surface area contributed by atoms with E-state index in [1.165, 1.54) is 0 Å². The summed E-state index contributed by atoms with van der Waals surface area (Å²) in [4.78, 5) is 26.5. The van der Waals surface area contributed by atoms with E-state index in [4.69, 9.17) is 4.74 Å². The SMILES string of the molecule is CC(C)(C)OC(=O)NC(CNC1CCc2ccccc2N(CC(F)(F)F)C1=O)Cc1ccccc1. The van der Waals surface area contributed by atoms with Crippen LogP contribution in [0.1, 0.15) is 38.3 Å². The molecule has 0 radical (unpaired) electrons. The second-order valence-corrected chi connectivity index (χ2v) is 9.70. The van der Waals surface area contributed by atoms with Gasteiger partial charge in [0.2, 0.25) is 5.91 Å². The average molecular weight is 492 g/mol. The van der Waals surface area contributed by atoms with E-state index >= 15 is 0 Å². The zero-order chi connectivity index (χ0) is 25.6. The molecule has 1 heterocycles. The maximum absolute atomic E-state index is 13.3. The van der Waals surface area contributed by atoms with Crippen molar-refractivity contribution in [3.05, 3.63) is 65.7 Å². The molecule has 2 atom stereocenters. The van der Waals surface area contributed by atoms with Gasteiger partial charge < -0.3 is 20.3 Å². The van der Waals surface area contributed by atoms with E-state index in [2.05, 4.69) is 10.6 Å². The molecule has 2 amide bonds. The van der Waals surface area contributed by atoms with Gasteiger partial charge >= 0.3 is 12.3 Å². The van der Waals surface area contributed by atoms with Crippen LogP contribution in [-0.4, -0.2) is 49.0 Å². The maximum atomic E-state index is 13.3. The van der Waals surface area contributed by atoms with Gasteiger partial charge in [0.25, 0.3) is 0 Å². The number of alkyl carbamates (subject to hydrolysis) is 1. The molecule has 0 aromatic heterocycles. The van der Waals surface area contributed by atoms with E-state index in [0.717, 1.165) is 10.5 Å². The molecule has 0 saturated heterocycles. The van der Waals surface area contributed by atoms with E-state index in [1.807, 2.05) is 30.3 Å². The summed E-state index contributed by atoms with van der Waals surface area (Å²) in [6.07, 6.45) is -3.88. The van der Waals surface area contributed by atoms with Gasteiger partial charge in [0.1, 0.15) is 12.1 Å². The first-order valence-electron chi connectivity index (χ1n) is 11.6. The molecule has 3 rings (SSSR count). The number of carbonyl (C=O) groups is 2. The standard InChI is InChI=1S/C26H32F3N3O3/c1-25(2,3)35-24(34)31-20(15-18-9-5-4-6-10-18)16-30-21-14-13-19-11-7-8-12-22(19)32(23(21)33)17-26(27,28)29/h4-12,20-21,30H,13-17H2,1-3H3,(H,31,34). The van der Waals surface area contributed by atoms with Gasteiger partial charge in [-0.25, -0.2) is 4.79 Å². The van der Waals surface area contributed by atoms with Crippen molar-refractivity contribution in [2.24, 2.45) is 0 Å². The lowest BCUT2D eigenvalue weighted by Gasteiger charge is -2.29. The molecule has 190 valence electrons. The van der Waals surface area contributed by atoms with Crippen LogP contribution in [0.3, 0.4) is 0 Å². The second kappa shape index (κ2) is 11.1. The molecular weight excluding hydrogens is 459 g/mol. The highest BCUT2D eigenvalue weighted by molar-refractivity contribution is 5.98. The Hall–Kier alpha value is -3.07. The van der Waals surface area contributed by atoms with E-state index in [0.29, 0.717) is 24.8 Å². The summed E-state index contributed by atoms with van der Waals surface area (Å²) in [5, 5.41) is 5.95. The maximum Gasteiger partial charge on any atom is 0.407 e. The van der Waals surface area contributed by atoms with Crippen molar-refractivity contribution in [3.63, 3.8) is 0 Å². The Morgan fingerprint density at radius 3 is 2.40 bits per heavy atom. The van der Waals surface area contributed by atoms with E-state index in [9.17, 15) is 22.8 Å². The predicted molar refractivity (Wildman–Crippen MR) is 128 cm³/mol. The van der Waals surface area contributed by atoms with Crippen LogP contribution in [0.25, 0.3) is 0 Å². The average Bonchev–Trinajstić information content (AvgIpc) is 2.88. The van der Waals surface area contributed by atoms with Gasteiger partial charge in [-0.2, -0.15) is 13.2 Å². The van der Waals surface area contributed by atoms with Crippen molar-refractivity contribution in [3.8, 4) is 0 Å². The fourth-order valence-electron chi connectivity index (χ4n) is 4.08. The topological polar surface area (TPSA) is 70.7 Å². The number of nitrogens with zero attached hydrogens (tertiary/aromatic N) is 1. The number of rotatable bonds is 7. The molecule has 9 heteroatoms. The van der Waals surface area contributed by atoms with E-state index < -0.39 is 42.4 Å². The predicted octanol–water partition coefficient (Wildman–Crippen LogP) is 4.62. The minimum Gasteiger partial charge on any atom is -0.444 e. The number of alkyl halides is 3. The molecule has 2 unspecified atom stereocenters. The third-order valence-corrected chi connectivity index (χ3v) is 5.54. The monoisotopic (exact) mass is 491 g/mol. The first kappa shape index (κ1) is 26.5. The molecule has 2 aromatic carbocycles. The highest BCUT2D eigenvalue weighted by atomic mass is 19.4. The third kappa shape index (κ3) is 8.28. The number of halogens is 3. The number of fused-ring (bicyclic) bond motifs is 1. The normalized spacial score (nSPS) is 17.4. The molecule has 1 aliphatic heterocycles. The second-order valence-electron chi connectivity index (χ2n) is 9.70. The first-order chi connectivity index (χ1) is 16.4. The Labute approximate surface area is 203 Å². The van der Waals surface area contributed by atoms with Gasteiger partial charge in [-0.05, 0) is 57.2 Å². The molecule has 6 nitrogen and oxygen atoms in total. The van der Waals surface area contributed by atoms with Crippen molar-refractivity contribution >= 4 is 17.7 Å². The van der Waals surface area contributed by atoms with Crippen molar-refractivity contribution in [1.29, 1.82) is 0 Å². The zero-order valence-corrected chi connectivity index (χ0v) is 20.2. The summed E-state index contributed by atoms with van der Waals surface area (Å²) in [5.41, 5.74) is 1.26. The number of ether oxygens (including phenoxy) is 1. The fraction of sp³-hybridized carbons (Fsp3) is 0.462. The van der Waals surface area contributed by atoms with Gasteiger partial charge in [-0.1, -0.05) is 48.5 Å². The lowest BCUT2D eigenvalue weighted by molar-refractivity contribution is -0.133. The van der Waals surface area contributed by atoms with Gasteiger partial charge in [0, 0.05) is 18.3 Å². The molecule has 35 heavy (non-hydrogen) atoms. The number of para-hydroxylation sites is 1. The zero-order valence-electron chi connectivity index (χ0n) is 20.2. The van der Waals surface area contributed by atoms with E-state index in [-0.39, 0.29) is 12.2 Å². The van der Waals surface area contributed by atoms with Crippen molar-refractivity contribution in [2.75, 3.05) is 18.0 Å². The number of nitrogens with one attached hydrogen (secondary N) is 2. The van der Waals surface area contributed by atoms with Gasteiger partial charge in [0.05, 0.1) is 6.04 Å². The number of benzene rings is 2. The van der Waals surface area contributed by atoms with Gasteiger partial charge in [-0.3, -0.25) is 4.79 Å². The Balaban J connectivity index is 1.75. The number of hydrogen-bond donors (Lipinski definition) is 2. The molecule has 0 fully saturated rings. The largest absolute Gasteiger partial charge is 0.444 e. The molecule has 1 aliphatic rings. The molecule has 2 N–H and O–H groups in total. The number of aryl methyl sites for hydroxylation is 1. The van der Waals surface area contributed by atoms with Crippen LogP contribution in [0.15, 0.2) is 54.6 Å². The summed E-state index contributed by atoms with van der Waals surface area (Å²) in [6, 6.07) is 14.9. The lowest BCUT2D eigenvalue weighted by atomic mass is 10.0. The minimum absolute atomic E-state index is 0.181. The quantitative estimate of drug-likeness (QED) is 0.593. The van der Waals surface area contributed by atoms with Gasteiger partial charge in [0.15, 0.2) is 0 Å². The van der Waals surface area contributed by atoms with Crippen LogP contribution < -0.4 is 15.5 Å². The molecule has 0 spiro atoms. The van der Waals surface area contributed by atoms with Crippen LogP contribution >= 0.6 is 0 Å². The van der Waals surface area contributed by atoms with Crippen LogP contribution in [0, 0.1) is 0 Å². The highest BCUT2D eigenvalue weighted by Crippen LogP contribution is 2.30. The third-order valence-electron chi connectivity index (χ3n) is 5.54. The number of carbonyl (C=O) groups excluding carboxylic acids is 2. The summed E-state index contributed by atoms with van der Waals surface area (Å²) >= 11 is 0. The minimum atomic E-state index is -4.54. The Kier molecular flexibility index (Phi) is 8.43. The lowest BCUT2D eigenvalue weighted by Crippen LogP contribution is -2.53. The summed E-state index contributed by atoms with van der Waals surface area (Å²) in [5.74, 6) is -0.636. The van der Waals surface area contributed by atoms with Gasteiger partial charge in [-0.15, -0.1) is 0 Å². The summed E-state index contributed by atoms with van der Waals surface area (Å²) < 4.78 is 45.4. The van der Waals surface area contributed by atoms with Crippen LogP contribution in [0.4, 0.5) is 23.7 Å². The number of anilines is 1. The molecule has 2 aromatic rings. The Morgan fingerprint density at radius 2 is 1.74 bits per heavy atom. The summed E-state index contributed by atoms with van der Waals surface area (Å²) in [7, 11) is 0. The Bertz CT molecular complexity index is 1010. The smallest absolute Gasteiger partial charge is 0.407 e. The van der Waals surface area contributed by atoms with Crippen molar-refractivity contribution in [2.45, 2.75) is 63.9 Å². The van der Waals surface area contributed by atoms with Crippen molar-refractivity contribution < 1.29 is 27.5 Å². The fourth-order valence-corrected chi connectivity index (χ4v) is 4.08. The van der Waals surface area contributed by atoms with Crippen LogP contribution in [0.2, 0.25) is 0 Å². The van der Waals surface area contributed by atoms with E-state index in [1.54, 1.807) is 45.0 Å². The number of hydrogen-bond acceptors (Lipinski definition) is 4. The molecular formula is C26H32F3N3O3. The molecule has 0 aliphatic carbocycles. The van der Waals surface area contributed by atoms with Crippen LogP contribution in [0.5, 0.6) is 0 Å². The Morgan fingerprint density at radius 1 is 1.09 bits per heavy atom. The highest BCUT2D eigenvalue weighted by Gasteiger charge is 2.38. The first-order valence-corrected chi connectivity index (χ1v) is 11.6. The van der Waals surface area contributed by atoms with Crippen molar-refractivity contribution in [1.82, 2.24) is 10.6 Å².